The molecular formula is C12H11BrN2O2. The molecule has 1 heterocycles. The van der Waals surface area contributed by atoms with Gasteiger partial charge in [0.1, 0.15) is 11.6 Å². The SMILES string of the molecule is Cc1nc(Oc2ccc(Br)cc2C)cc(=O)[nH]1. The van der Waals surface area contributed by atoms with Crippen LogP contribution in [-0.4, -0.2) is 9.97 Å². The first kappa shape index (κ1) is 11.9. The number of nitrogens with one attached hydrogen (secondary N) is 1. The average Bonchev–Trinajstić information content (AvgIpc) is 2.21. The van der Waals surface area contributed by atoms with Crippen molar-refractivity contribution in [3.05, 3.63) is 50.5 Å². The van der Waals surface area contributed by atoms with Crippen molar-refractivity contribution >= 4 is 15.9 Å². The fourth-order valence-electron chi connectivity index (χ4n) is 1.44. The standard InChI is InChI=1S/C12H11BrN2O2/c1-7-5-9(13)3-4-10(7)17-12-6-11(16)14-8(2)15-12/h3-6H,1-2H3,(H,14,15,16). The largest absolute Gasteiger partial charge is 0.438 e. The molecule has 17 heavy (non-hydrogen) atoms. The van der Waals surface area contributed by atoms with Crippen molar-refractivity contribution in [3.63, 3.8) is 0 Å². The van der Waals surface area contributed by atoms with Crippen LogP contribution in [0.2, 0.25) is 0 Å². The molecule has 1 N–H and O–H groups in total. The van der Waals surface area contributed by atoms with E-state index in [-0.39, 0.29) is 5.56 Å². The van der Waals surface area contributed by atoms with E-state index in [1.54, 1.807) is 6.92 Å². The number of hydrogen-bond donors (Lipinski definition) is 1. The normalized spacial score (nSPS) is 10.3. The molecule has 4 nitrogen and oxygen atoms in total. The van der Waals surface area contributed by atoms with Crippen LogP contribution in [0.5, 0.6) is 11.6 Å². The molecule has 1 aromatic carbocycles. The van der Waals surface area contributed by atoms with E-state index in [4.69, 9.17) is 4.74 Å². The van der Waals surface area contributed by atoms with E-state index in [0.717, 1.165) is 10.0 Å². The molecule has 0 aliphatic heterocycles. The zero-order chi connectivity index (χ0) is 12.4. The smallest absolute Gasteiger partial charge is 0.254 e. The topological polar surface area (TPSA) is 55.0 Å². The molecule has 0 atom stereocenters. The molecule has 0 unspecified atom stereocenters. The minimum Gasteiger partial charge on any atom is -0.438 e. The molecule has 0 amide bonds. The Balaban J connectivity index is 2.34. The maximum Gasteiger partial charge on any atom is 0.254 e. The summed E-state index contributed by atoms with van der Waals surface area (Å²) in [6.07, 6.45) is 0. The number of aryl methyl sites for hydroxylation is 2. The number of H-pyrrole nitrogens is 1. The minimum absolute atomic E-state index is 0.220. The Morgan fingerprint density at radius 3 is 2.71 bits per heavy atom. The van der Waals surface area contributed by atoms with Crippen molar-refractivity contribution in [3.8, 4) is 11.6 Å². The summed E-state index contributed by atoms with van der Waals surface area (Å²) in [7, 11) is 0. The van der Waals surface area contributed by atoms with Crippen LogP contribution in [0.3, 0.4) is 0 Å². The minimum atomic E-state index is -0.220. The quantitative estimate of drug-likeness (QED) is 0.926. The first-order valence-electron chi connectivity index (χ1n) is 5.06. The van der Waals surface area contributed by atoms with E-state index in [0.29, 0.717) is 17.5 Å². The fourth-order valence-corrected chi connectivity index (χ4v) is 1.92. The molecule has 0 spiro atoms. The predicted octanol–water partition coefficient (Wildman–Crippen LogP) is 2.94. The summed E-state index contributed by atoms with van der Waals surface area (Å²) >= 11 is 3.38. The fraction of sp³-hybridized carbons (Fsp3) is 0.167. The molecule has 88 valence electrons. The predicted molar refractivity (Wildman–Crippen MR) is 68.5 cm³/mol. The van der Waals surface area contributed by atoms with Gasteiger partial charge in [-0.2, -0.15) is 0 Å². The van der Waals surface area contributed by atoms with Crippen LogP contribution in [0.1, 0.15) is 11.4 Å². The van der Waals surface area contributed by atoms with Gasteiger partial charge in [0.15, 0.2) is 0 Å². The number of aromatic amines is 1. The van der Waals surface area contributed by atoms with Crippen LogP contribution in [0, 0.1) is 13.8 Å². The zero-order valence-corrected chi connectivity index (χ0v) is 11.0. The third-order valence-corrected chi connectivity index (χ3v) is 2.68. The first-order chi connectivity index (χ1) is 8.04. The van der Waals surface area contributed by atoms with Gasteiger partial charge in [0.2, 0.25) is 5.88 Å². The van der Waals surface area contributed by atoms with Crippen LogP contribution in [0.25, 0.3) is 0 Å². The van der Waals surface area contributed by atoms with Crippen LogP contribution in [-0.2, 0) is 0 Å². The van der Waals surface area contributed by atoms with Crippen LogP contribution in [0.15, 0.2) is 33.5 Å². The Morgan fingerprint density at radius 1 is 1.29 bits per heavy atom. The number of rotatable bonds is 2. The van der Waals surface area contributed by atoms with Crippen molar-refractivity contribution in [1.29, 1.82) is 0 Å². The van der Waals surface area contributed by atoms with Gasteiger partial charge in [-0.05, 0) is 37.6 Å². The maximum absolute atomic E-state index is 11.3. The third-order valence-electron chi connectivity index (χ3n) is 2.19. The van der Waals surface area contributed by atoms with Crippen molar-refractivity contribution in [2.45, 2.75) is 13.8 Å². The molecule has 0 bridgehead atoms. The molecular weight excluding hydrogens is 284 g/mol. The van der Waals surface area contributed by atoms with E-state index >= 15 is 0 Å². The summed E-state index contributed by atoms with van der Waals surface area (Å²) in [5.74, 6) is 1.52. The van der Waals surface area contributed by atoms with Gasteiger partial charge < -0.3 is 9.72 Å². The van der Waals surface area contributed by atoms with Gasteiger partial charge in [0, 0.05) is 4.47 Å². The van der Waals surface area contributed by atoms with Gasteiger partial charge in [0.05, 0.1) is 6.07 Å². The molecule has 0 fully saturated rings. The lowest BCUT2D eigenvalue weighted by Crippen LogP contribution is -2.08. The summed E-state index contributed by atoms with van der Waals surface area (Å²) in [6.45, 7) is 3.64. The van der Waals surface area contributed by atoms with Crippen LogP contribution in [0.4, 0.5) is 0 Å². The summed E-state index contributed by atoms with van der Waals surface area (Å²) in [5, 5.41) is 0. The van der Waals surface area contributed by atoms with E-state index in [2.05, 4.69) is 25.9 Å². The molecule has 1 aromatic heterocycles. The third kappa shape index (κ3) is 2.94. The highest BCUT2D eigenvalue weighted by Crippen LogP contribution is 2.25. The van der Waals surface area contributed by atoms with Crippen molar-refractivity contribution in [2.24, 2.45) is 0 Å². The molecule has 2 rings (SSSR count). The average molecular weight is 295 g/mol. The summed E-state index contributed by atoms with van der Waals surface area (Å²) in [6, 6.07) is 6.98. The Hall–Kier alpha value is -1.62. The van der Waals surface area contributed by atoms with Gasteiger partial charge in [-0.3, -0.25) is 4.79 Å². The van der Waals surface area contributed by atoms with E-state index < -0.39 is 0 Å². The number of benzene rings is 1. The number of halogens is 1. The molecule has 0 saturated carbocycles. The molecule has 5 heteroatoms. The van der Waals surface area contributed by atoms with E-state index in [1.165, 1.54) is 6.07 Å². The Kier molecular flexibility index (Phi) is 3.28. The maximum atomic E-state index is 11.3. The molecule has 0 aliphatic carbocycles. The second kappa shape index (κ2) is 4.71. The Labute approximate surface area is 107 Å². The second-order valence-corrected chi connectivity index (χ2v) is 4.60. The van der Waals surface area contributed by atoms with E-state index in [9.17, 15) is 4.79 Å². The van der Waals surface area contributed by atoms with Crippen LogP contribution < -0.4 is 10.3 Å². The lowest BCUT2D eigenvalue weighted by molar-refractivity contribution is 0.455. The summed E-state index contributed by atoms with van der Waals surface area (Å²) < 4.78 is 6.56. The molecule has 0 saturated heterocycles. The van der Waals surface area contributed by atoms with Crippen molar-refractivity contribution in [2.75, 3.05) is 0 Å². The summed E-state index contributed by atoms with van der Waals surface area (Å²) in [5.41, 5.74) is 0.751. The van der Waals surface area contributed by atoms with Gasteiger partial charge in [-0.1, -0.05) is 15.9 Å². The summed E-state index contributed by atoms with van der Waals surface area (Å²) in [4.78, 5) is 17.9. The van der Waals surface area contributed by atoms with Crippen molar-refractivity contribution < 1.29 is 4.74 Å². The monoisotopic (exact) mass is 294 g/mol. The van der Waals surface area contributed by atoms with Crippen LogP contribution >= 0.6 is 15.9 Å². The van der Waals surface area contributed by atoms with Gasteiger partial charge in [-0.25, -0.2) is 4.98 Å². The zero-order valence-electron chi connectivity index (χ0n) is 9.45. The van der Waals surface area contributed by atoms with Gasteiger partial charge in [0.25, 0.3) is 5.56 Å². The number of hydrogen-bond acceptors (Lipinski definition) is 3. The Morgan fingerprint density at radius 2 is 2.06 bits per heavy atom. The molecule has 2 aromatic rings. The Bertz CT molecular complexity index is 608. The number of nitrogens with zero attached hydrogens (tertiary/aromatic N) is 1. The number of aromatic nitrogens is 2. The van der Waals surface area contributed by atoms with Gasteiger partial charge >= 0.3 is 0 Å². The highest BCUT2D eigenvalue weighted by atomic mass is 79.9. The number of ether oxygens (including phenoxy) is 1. The van der Waals surface area contributed by atoms with E-state index in [1.807, 2.05) is 25.1 Å². The first-order valence-corrected chi connectivity index (χ1v) is 5.86. The highest BCUT2D eigenvalue weighted by molar-refractivity contribution is 9.10. The second-order valence-electron chi connectivity index (χ2n) is 3.68. The molecule has 0 aliphatic rings. The lowest BCUT2D eigenvalue weighted by Gasteiger charge is -2.08. The van der Waals surface area contributed by atoms with Gasteiger partial charge in [-0.15, -0.1) is 0 Å². The lowest BCUT2D eigenvalue weighted by atomic mass is 10.2. The van der Waals surface area contributed by atoms with Crippen molar-refractivity contribution in [1.82, 2.24) is 9.97 Å². The highest BCUT2D eigenvalue weighted by Gasteiger charge is 2.04. The molecule has 0 radical (unpaired) electrons.